The molecule has 178 valence electrons. The van der Waals surface area contributed by atoms with Crippen molar-refractivity contribution in [2.24, 2.45) is 0 Å². The highest BCUT2D eigenvalue weighted by atomic mass is 35.5. The van der Waals surface area contributed by atoms with Gasteiger partial charge in [0.1, 0.15) is 17.2 Å². The zero-order valence-corrected chi connectivity index (χ0v) is 20.0. The third-order valence-corrected chi connectivity index (χ3v) is 5.61. The molecule has 0 aliphatic rings. The summed E-state index contributed by atoms with van der Waals surface area (Å²) in [6.45, 7) is 1.77. The Morgan fingerprint density at radius 1 is 0.971 bits per heavy atom. The number of carbonyl (C=O) groups excluding carboxylic acids is 2. The van der Waals surface area contributed by atoms with Gasteiger partial charge in [-0.2, -0.15) is 0 Å². The quantitative estimate of drug-likeness (QED) is 0.200. The molecular weight excluding hydrogens is 511 g/mol. The highest BCUT2D eigenvalue weighted by Gasteiger charge is 2.21. The van der Waals surface area contributed by atoms with Crippen LogP contribution >= 0.6 is 34.8 Å². The van der Waals surface area contributed by atoms with Gasteiger partial charge in [0.25, 0.3) is 5.91 Å². The largest absolute Gasteiger partial charge is 0.513 e. The van der Waals surface area contributed by atoms with Gasteiger partial charge in [0.15, 0.2) is 5.75 Å². The zero-order chi connectivity index (χ0) is 24.8. The average Bonchev–Trinajstić information content (AvgIpc) is 2.80. The van der Waals surface area contributed by atoms with Gasteiger partial charge in [0, 0.05) is 5.88 Å². The van der Waals surface area contributed by atoms with Crippen molar-refractivity contribution >= 4 is 46.9 Å². The van der Waals surface area contributed by atoms with Gasteiger partial charge < -0.3 is 14.8 Å². The first-order valence-electron chi connectivity index (χ1n) is 10.00. The molecule has 0 spiro atoms. The van der Waals surface area contributed by atoms with Crippen LogP contribution in [0.15, 0.2) is 54.6 Å². The number of ether oxygens (including phenoxy) is 2. The fraction of sp³-hybridized carbons (Fsp3) is 0.167. The van der Waals surface area contributed by atoms with Crippen LogP contribution in [0.25, 0.3) is 11.1 Å². The second-order valence-corrected chi connectivity index (χ2v) is 8.08. The van der Waals surface area contributed by atoms with Crippen LogP contribution in [0, 0.1) is 11.6 Å². The molecule has 10 heteroatoms. The van der Waals surface area contributed by atoms with E-state index in [0.717, 1.165) is 17.7 Å². The van der Waals surface area contributed by atoms with E-state index >= 15 is 0 Å². The maximum absolute atomic E-state index is 13.9. The van der Waals surface area contributed by atoms with Crippen molar-refractivity contribution in [3.8, 4) is 16.9 Å². The van der Waals surface area contributed by atoms with E-state index in [4.69, 9.17) is 44.3 Å². The summed E-state index contributed by atoms with van der Waals surface area (Å²) in [4.78, 5) is 24.0. The van der Waals surface area contributed by atoms with Crippen molar-refractivity contribution in [3.05, 3.63) is 87.4 Å². The molecule has 0 aliphatic heterocycles. The minimum atomic E-state index is -0.967. The Balaban J connectivity index is 1.79. The van der Waals surface area contributed by atoms with Gasteiger partial charge in [-0.15, -0.1) is 11.6 Å². The Bertz CT molecular complexity index is 1160. The fourth-order valence-corrected chi connectivity index (χ4v) is 3.94. The second kappa shape index (κ2) is 11.5. The Labute approximate surface area is 209 Å². The molecular formula is C24H18Cl3F2NO4. The Kier molecular flexibility index (Phi) is 8.72. The standard InChI is InChI=1S/C24H18Cl3F2NO4/c1-2-33-24(32)34-22-16(26)10-15(11-17(22)27)13-6-8-14(9-7-13)20(12-25)30-23(31)21-18(28)4-3-5-19(21)29/h3-11,20H,2,12H2,1H3,(H,30,31). The smallest absolute Gasteiger partial charge is 0.434 e. The number of nitrogens with one attached hydrogen (secondary N) is 1. The zero-order valence-electron chi connectivity index (χ0n) is 17.7. The van der Waals surface area contributed by atoms with Gasteiger partial charge in [-0.3, -0.25) is 4.79 Å². The van der Waals surface area contributed by atoms with E-state index in [2.05, 4.69) is 5.32 Å². The Hall–Kier alpha value is -2.87. The van der Waals surface area contributed by atoms with Crippen LogP contribution < -0.4 is 10.1 Å². The molecule has 3 aromatic rings. The second-order valence-electron chi connectivity index (χ2n) is 6.95. The molecule has 1 N–H and O–H groups in total. The van der Waals surface area contributed by atoms with Crippen LogP contribution in [0.1, 0.15) is 28.9 Å². The topological polar surface area (TPSA) is 64.6 Å². The van der Waals surface area contributed by atoms with Crippen LogP contribution in [-0.4, -0.2) is 24.5 Å². The molecule has 0 saturated heterocycles. The Morgan fingerprint density at radius 3 is 2.09 bits per heavy atom. The predicted octanol–water partition coefficient (Wildman–Crippen LogP) is 7.18. The Morgan fingerprint density at radius 2 is 1.56 bits per heavy atom. The van der Waals surface area contributed by atoms with E-state index in [1.165, 1.54) is 6.07 Å². The molecule has 3 aromatic carbocycles. The lowest BCUT2D eigenvalue weighted by atomic mass is 10.0. The van der Waals surface area contributed by atoms with Crippen molar-refractivity contribution in [2.75, 3.05) is 12.5 Å². The molecule has 0 heterocycles. The van der Waals surface area contributed by atoms with Crippen LogP contribution in [0.4, 0.5) is 13.6 Å². The lowest BCUT2D eigenvalue weighted by molar-refractivity contribution is 0.0931. The summed E-state index contributed by atoms with van der Waals surface area (Å²) in [5.41, 5.74) is 1.29. The first-order chi connectivity index (χ1) is 16.2. The van der Waals surface area contributed by atoms with Crippen LogP contribution in [0.5, 0.6) is 5.75 Å². The minimum Gasteiger partial charge on any atom is -0.434 e. The molecule has 1 amide bonds. The molecule has 0 radical (unpaired) electrons. The lowest BCUT2D eigenvalue weighted by Gasteiger charge is -2.18. The normalized spacial score (nSPS) is 11.6. The van der Waals surface area contributed by atoms with Gasteiger partial charge in [-0.05, 0) is 47.9 Å². The molecule has 5 nitrogen and oxygen atoms in total. The van der Waals surface area contributed by atoms with E-state index < -0.39 is 35.3 Å². The van der Waals surface area contributed by atoms with Gasteiger partial charge in [0.2, 0.25) is 0 Å². The number of hydrogen-bond acceptors (Lipinski definition) is 4. The van der Waals surface area contributed by atoms with Crippen LogP contribution in [0.3, 0.4) is 0 Å². The third-order valence-electron chi connectivity index (χ3n) is 4.74. The first kappa shape index (κ1) is 25.7. The van der Waals surface area contributed by atoms with Gasteiger partial charge in [-0.25, -0.2) is 13.6 Å². The molecule has 0 aliphatic carbocycles. The number of rotatable bonds is 7. The first-order valence-corrected chi connectivity index (χ1v) is 11.3. The minimum absolute atomic E-state index is 0.0209. The number of halogens is 5. The highest BCUT2D eigenvalue weighted by molar-refractivity contribution is 6.37. The maximum atomic E-state index is 13.9. The van der Waals surface area contributed by atoms with Crippen molar-refractivity contribution in [2.45, 2.75) is 13.0 Å². The molecule has 34 heavy (non-hydrogen) atoms. The molecule has 0 fully saturated rings. The average molecular weight is 529 g/mol. The summed E-state index contributed by atoms with van der Waals surface area (Å²) in [6.07, 6.45) is -0.923. The van der Waals surface area contributed by atoms with Crippen molar-refractivity contribution in [3.63, 3.8) is 0 Å². The van der Waals surface area contributed by atoms with E-state index in [1.54, 1.807) is 43.3 Å². The number of alkyl halides is 1. The number of carbonyl (C=O) groups is 2. The molecule has 1 atom stereocenters. The van der Waals surface area contributed by atoms with Crippen LogP contribution in [0.2, 0.25) is 10.0 Å². The van der Waals surface area contributed by atoms with E-state index in [1.807, 2.05) is 0 Å². The van der Waals surface area contributed by atoms with E-state index in [9.17, 15) is 18.4 Å². The van der Waals surface area contributed by atoms with Gasteiger partial charge in [0.05, 0.1) is 22.7 Å². The number of amides is 1. The number of benzene rings is 3. The molecule has 0 aromatic heterocycles. The fourth-order valence-electron chi connectivity index (χ4n) is 3.12. The summed E-state index contributed by atoms with van der Waals surface area (Å²) < 4.78 is 37.6. The maximum Gasteiger partial charge on any atom is 0.513 e. The SMILES string of the molecule is CCOC(=O)Oc1c(Cl)cc(-c2ccc(C(CCl)NC(=O)c3c(F)cccc3F)cc2)cc1Cl. The molecule has 3 rings (SSSR count). The lowest BCUT2D eigenvalue weighted by Crippen LogP contribution is -2.31. The van der Waals surface area contributed by atoms with Crippen molar-refractivity contribution in [1.82, 2.24) is 5.32 Å². The number of hydrogen-bond donors (Lipinski definition) is 1. The summed E-state index contributed by atoms with van der Waals surface area (Å²) in [7, 11) is 0. The molecule has 0 bridgehead atoms. The predicted molar refractivity (Wildman–Crippen MR) is 127 cm³/mol. The molecule has 0 saturated carbocycles. The van der Waals surface area contributed by atoms with Gasteiger partial charge in [-0.1, -0.05) is 53.5 Å². The van der Waals surface area contributed by atoms with Gasteiger partial charge >= 0.3 is 6.16 Å². The van der Waals surface area contributed by atoms with E-state index in [-0.39, 0.29) is 28.3 Å². The summed E-state index contributed by atoms with van der Waals surface area (Å²) in [5.74, 6) is -2.90. The summed E-state index contributed by atoms with van der Waals surface area (Å²) in [6, 6.07) is 12.5. The highest BCUT2D eigenvalue weighted by Crippen LogP contribution is 2.38. The van der Waals surface area contributed by atoms with Crippen molar-refractivity contribution < 1.29 is 27.8 Å². The van der Waals surface area contributed by atoms with E-state index in [0.29, 0.717) is 11.1 Å². The van der Waals surface area contributed by atoms with Crippen molar-refractivity contribution in [1.29, 1.82) is 0 Å². The van der Waals surface area contributed by atoms with Crippen LogP contribution in [-0.2, 0) is 4.74 Å². The summed E-state index contributed by atoms with van der Waals surface area (Å²) in [5, 5.41) is 2.76. The molecule has 1 unspecified atom stereocenters. The summed E-state index contributed by atoms with van der Waals surface area (Å²) >= 11 is 18.5. The third kappa shape index (κ3) is 5.97. The monoisotopic (exact) mass is 527 g/mol.